The van der Waals surface area contributed by atoms with Gasteiger partial charge in [-0.15, -0.1) is 0 Å². The zero-order chi connectivity index (χ0) is 30.7. The van der Waals surface area contributed by atoms with Crippen molar-refractivity contribution < 1.29 is 0 Å². The molecule has 0 fully saturated rings. The van der Waals surface area contributed by atoms with Crippen molar-refractivity contribution in [1.82, 2.24) is 25.1 Å². The van der Waals surface area contributed by atoms with E-state index in [4.69, 9.17) is 0 Å². The van der Waals surface area contributed by atoms with E-state index in [0.717, 1.165) is 45.4 Å². The number of aliphatic imine (C=N–C) groups is 1. The van der Waals surface area contributed by atoms with Gasteiger partial charge in [0.05, 0.1) is 17.6 Å². The highest BCUT2D eigenvalue weighted by Crippen LogP contribution is 2.25. The Morgan fingerprint density at radius 1 is 0.929 bits per heavy atom. The van der Waals surface area contributed by atoms with Gasteiger partial charge in [0.15, 0.2) is 0 Å². The summed E-state index contributed by atoms with van der Waals surface area (Å²) in [4.78, 5) is 12.6. The van der Waals surface area contributed by atoms with Gasteiger partial charge in [0.2, 0.25) is 0 Å². The van der Waals surface area contributed by atoms with Gasteiger partial charge < -0.3 is 16.0 Å². The third-order valence-electron chi connectivity index (χ3n) is 6.47. The topological polar surface area (TPSA) is 92.1 Å². The maximum Gasteiger partial charge on any atom is 0.126 e. The summed E-state index contributed by atoms with van der Waals surface area (Å²) in [6, 6.07) is 17.9. The van der Waals surface area contributed by atoms with Crippen molar-refractivity contribution in [2.75, 3.05) is 17.7 Å². The fourth-order valence-electron chi connectivity index (χ4n) is 3.69. The Morgan fingerprint density at radius 2 is 1.57 bits per heavy atom. The van der Waals surface area contributed by atoms with Crippen molar-refractivity contribution >= 4 is 22.9 Å². The number of allylic oxidation sites excluding steroid dienone is 1. The number of benzene rings is 2. The average molecular weight is 563 g/mol. The standard InChI is InChI=1S/C32H36N8.C2H6/c1-22(32(4,5)6)18-31(33-7)39-24(3)38-28-12-10-27(11-13-28)37-23(2)25-8-14-29(15-9-25)40-20-26(19-36-40)30-16-17-34-21-35-30;1-2/h8-21,37-38H,2-3H2,1,4-7H3,(H,33,39);1-2H3/b22-18+;. The van der Waals surface area contributed by atoms with E-state index < -0.39 is 0 Å². The number of rotatable bonds is 9. The molecule has 0 saturated heterocycles. The molecule has 8 heteroatoms. The number of aromatic nitrogens is 4. The van der Waals surface area contributed by atoms with Crippen LogP contribution in [0.3, 0.4) is 0 Å². The van der Waals surface area contributed by atoms with Crippen LogP contribution < -0.4 is 16.0 Å². The summed E-state index contributed by atoms with van der Waals surface area (Å²) in [5.74, 6) is 1.40. The summed E-state index contributed by atoms with van der Waals surface area (Å²) < 4.78 is 1.82. The molecule has 4 rings (SSSR count). The Balaban J connectivity index is 0.00000237. The molecular weight excluding hydrogens is 520 g/mol. The van der Waals surface area contributed by atoms with E-state index in [2.05, 4.69) is 76.9 Å². The molecule has 3 N–H and O–H groups in total. The molecule has 0 amide bonds. The van der Waals surface area contributed by atoms with Crippen LogP contribution in [0.2, 0.25) is 0 Å². The van der Waals surface area contributed by atoms with E-state index in [1.165, 1.54) is 11.9 Å². The highest BCUT2D eigenvalue weighted by molar-refractivity contribution is 5.95. The molecule has 0 radical (unpaired) electrons. The number of amidine groups is 1. The molecule has 0 saturated carbocycles. The van der Waals surface area contributed by atoms with Gasteiger partial charge in [-0.1, -0.05) is 65.5 Å². The lowest BCUT2D eigenvalue weighted by Gasteiger charge is -2.20. The van der Waals surface area contributed by atoms with Crippen LogP contribution in [0, 0.1) is 5.41 Å². The second-order valence-electron chi connectivity index (χ2n) is 10.4. The number of hydrogen-bond donors (Lipinski definition) is 3. The Morgan fingerprint density at radius 3 is 2.14 bits per heavy atom. The van der Waals surface area contributed by atoms with Gasteiger partial charge in [-0.25, -0.2) is 14.6 Å². The first-order valence-corrected chi connectivity index (χ1v) is 14.0. The minimum absolute atomic E-state index is 0.0732. The van der Waals surface area contributed by atoms with Gasteiger partial charge in [0.1, 0.15) is 18.0 Å². The summed E-state index contributed by atoms with van der Waals surface area (Å²) in [6.45, 7) is 20.9. The van der Waals surface area contributed by atoms with Crippen LogP contribution in [0.1, 0.15) is 47.1 Å². The SMILES string of the molecule is C=C(NC(/C=C(\C)C(C)(C)C)=NC)Nc1ccc(NC(=C)c2ccc(-n3cc(-c4ccncn4)cn3)cc2)cc1.CC. The third kappa shape index (κ3) is 8.76. The molecule has 0 aliphatic rings. The second-order valence-corrected chi connectivity index (χ2v) is 10.4. The number of nitrogens with zero attached hydrogens (tertiary/aromatic N) is 5. The quantitative estimate of drug-likeness (QED) is 0.142. The van der Waals surface area contributed by atoms with Crippen LogP contribution in [0.4, 0.5) is 11.4 Å². The fraction of sp³-hybridized carbons (Fsp3) is 0.235. The molecule has 2 aromatic carbocycles. The number of hydrogen-bond acceptors (Lipinski definition) is 6. The molecule has 0 bridgehead atoms. The first kappa shape index (κ1) is 31.5. The molecule has 0 aliphatic carbocycles. The molecule has 0 unspecified atom stereocenters. The smallest absolute Gasteiger partial charge is 0.126 e. The first-order valence-electron chi connectivity index (χ1n) is 14.0. The van der Waals surface area contributed by atoms with Gasteiger partial charge in [0, 0.05) is 42.1 Å². The van der Waals surface area contributed by atoms with Gasteiger partial charge in [-0.2, -0.15) is 5.10 Å². The largest absolute Gasteiger partial charge is 0.356 e. The summed E-state index contributed by atoms with van der Waals surface area (Å²) in [7, 11) is 1.76. The maximum absolute atomic E-state index is 4.47. The Labute approximate surface area is 250 Å². The Kier molecular flexibility index (Phi) is 11.0. The van der Waals surface area contributed by atoms with E-state index in [0.29, 0.717) is 5.82 Å². The number of nitrogens with one attached hydrogen (secondary N) is 3. The summed E-state index contributed by atoms with van der Waals surface area (Å²) >= 11 is 0. The second kappa shape index (κ2) is 14.6. The van der Waals surface area contributed by atoms with E-state index in [1.54, 1.807) is 19.4 Å². The zero-order valence-corrected chi connectivity index (χ0v) is 25.7. The number of anilines is 2. The Bertz CT molecular complexity index is 1520. The van der Waals surface area contributed by atoms with Crippen LogP contribution >= 0.6 is 0 Å². The average Bonchev–Trinajstić information content (AvgIpc) is 3.49. The van der Waals surface area contributed by atoms with Crippen molar-refractivity contribution in [2.45, 2.75) is 41.5 Å². The lowest BCUT2D eigenvalue weighted by Crippen LogP contribution is -2.25. The minimum atomic E-state index is 0.0732. The third-order valence-corrected chi connectivity index (χ3v) is 6.47. The van der Waals surface area contributed by atoms with Crippen LogP contribution in [0.25, 0.3) is 22.6 Å². The maximum atomic E-state index is 4.47. The lowest BCUT2D eigenvalue weighted by molar-refractivity contribution is 0.504. The predicted octanol–water partition coefficient (Wildman–Crippen LogP) is 7.93. The molecule has 8 nitrogen and oxygen atoms in total. The summed E-state index contributed by atoms with van der Waals surface area (Å²) in [5, 5.41) is 14.4. The normalized spacial score (nSPS) is 11.7. The van der Waals surface area contributed by atoms with Crippen molar-refractivity contribution in [3.05, 3.63) is 116 Å². The molecule has 4 aromatic rings. The van der Waals surface area contributed by atoms with Gasteiger partial charge in [-0.05, 0) is 66.4 Å². The highest BCUT2D eigenvalue weighted by atomic mass is 15.3. The van der Waals surface area contributed by atoms with Crippen LogP contribution in [0.15, 0.2) is 115 Å². The zero-order valence-electron chi connectivity index (χ0n) is 25.7. The monoisotopic (exact) mass is 562 g/mol. The summed E-state index contributed by atoms with van der Waals surface area (Å²) in [5.41, 5.74) is 7.63. The lowest BCUT2D eigenvalue weighted by atomic mass is 9.87. The van der Waals surface area contributed by atoms with Gasteiger partial charge in [-0.3, -0.25) is 4.99 Å². The van der Waals surface area contributed by atoms with Crippen molar-refractivity contribution in [3.63, 3.8) is 0 Å². The van der Waals surface area contributed by atoms with Crippen molar-refractivity contribution in [2.24, 2.45) is 10.4 Å². The molecule has 2 heterocycles. The van der Waals surface area contributed by atoms with Crippen LogP contribution in [-0.2, 0) is 0 Å². The van der Waals surface area contributed by atoms with Gasteiger partial charge in [0.25, 0.3) is 0 Å². The van der Waals surface area contributed by atoms with E-state index >= 15 is 0 Å². The van der Waals surface area contributed by atoms with Crippen molar-refractivity contribution in [3.8, 4) is 16.9 Å². The predicted molar refractivity (Wildman–Crippen MR) is 178 cm³/mol. The van der Waals surface area contributed by atoms with E-state index in [-0.39, 0.29) is 5.41 Å². The fourth-order valence-corrected chi connectivity index (χ4v) is 3.69. The van der Waals surface area contributed by atoms with Gasteiger partial charge >= 0.3 is 0 Å². The Hall–Kier alpha value is -4.98. The molecule has 42 heavy (non-hydrogen) atoms. The first-order chi connectivity index (χ1) is 20.1. The molecule has 218 valence electrons. The molecule has 0 spiro atoms. The summed E-state index contributed by atoms with van der Waals surface area (Å²) in [6.07, 6.45) is 9.04. The van der Waals surface area contributed by atoms with E-state index in [9.17, 15) is 0 Å². The molecule has 2 aromatic heterocycles. The van der Waals surface area contributed by atoms with E-state index in [1.807, 2.05) is 85.4 Å². The minimum Gasteiger partial charge on any atom is -0.356 e. The molecule has 0 atom stereocenters. The highest BCUT2D eigenvalue weighted by Gasteiger charge is 2.13. The van der Waals surface area contributed by atoms with Crippen LogP contribution in [-0.4, -0.2) is 32.6 Å². The molecular formula is C34H42N8. The van der Waals surface area contributed by atoms with Crippen molar-refractivity contribution in [1.29, 1.82) is 0 Å². The van der Waals surface area contributed by atoms with Crippen LogP contribution in [0.5, 0.6) is 0 Å². The molecule has 0 aliphatic heterocycles.